The highest BCUT2D eigenvalue weighted by Gasteiger charge is 2.24. The predicted octanol–water partition coefficient (Wildman–Crippen LogP) is 2.38. The molecule has 1 aliphatic rings. The van der Waals surface area contributed by atoms with Crippen molar-refractivity contribution in [3.8, 4) is 0 Å². The van der Waals surface area contributed by atoms with Crippen LogP contribution in [0.4, 0.5) is 0 Å². The number of nitrogens with two attached hydrogens (primary N) is 1. The third-order valence-corrected chi connectivity index (χ3v) is 4.70. The van der Waals surface area contributed by atoms with Crippen molar-refractivity contribution in [3.63, 3.8) is 0 Å². The van der Waals surface area contributed by atoms with Crippen molar-refractivity contribution in [2.24, 2.45) is 11.7 Å². The Morgan fingerprint density at radius 2 is 2.28 bits per heavy atom. The molecular formula is C14H21N3S. The summed E-state index contributed by atoms with van der Waals surface area (Å²) in [5, 5.41) is 7.44. The Labute approximate surface area is 113 Å². The zero-order chi connectivity index (χ0) is 13.1. The third kappa shape index (κ3) is 3.06. The molecule has 0 saturated carbocycles. The number of hydrogen-bond acceptors (Lipinski definition) is 3. The lowest BCUT2D eigenvalue weighted by Crippen LogP contribution is -2.34. The molecule has 3 nitrogen and oxygen atoms in total. The fourth-order valence-electron chi connectivity index (χ4n) is 2.40. The summed E-state index contributed by atoms with van der Waals surface area (Å²) in [6.45, 7) is 3.91. The molecular weight excluding hydrogens is 242 g/mol. The monoisotopic (exact) mass is 263 g/mol. The van der Waals surface area contributed by atoms with E-state index in [1.165, 1.54) is 10.5 Å². The molecule has 18 heavy (non-hydrogen) atoms. The molecule has 0 amide bonds. The predicted molar refractivity (Wildman–Crippen MR) is 78.5 cm³/mol. The average molecular weight is 263 g/mol. The Hall–Kier alpha value is -1.00. The Morgan fingerprint density at radius 1 is 1.56 bits per heavy atom. The van der Waals surface area contributed by atoms with E-state index in [1.807, 2.05) is 18.7 Å². The number of rotatable bonds is 5. The van der Waals surface area contributed by atoms with Gasteiger partial charge in [-0.3, -0.25) is 5.41 Å². The van der Waals surface area contributed by atoms with Crippen LogP contribution < -0.4 is 5.73 Å². The molecule has 1 heterocycles. The number of benzene rings is 1. The summed E-state index contributed by atoms with van der Waals surface area (Å²) >= 11 is 1.95. The largest absolute Gasteiger partial charge is 0.387 e. The van der Waals surface area contributed by atoms with Gasteiger partial charge in [-0.25, -0.2) is 0 Å². The Kier molecular flexibility index (Phi) is 4.30. The van der Waals surface area contributed by atoms with Gasteiger partial charge in [-0.05, 0) is 18.7 Å². The van der Waals surface area contributed by atoms with Crippen LogP contribution in [0, 0.1) is 11.3 Å². The van der Waals surface area contributed by atoms with Gasteiger partial charge in [0.2, 0.25) is 0 Å². The molecule has 0 saturated heterocycles. The molecule has 98 valence electrons. The van der Waals surface area contributed by atoms with Crippen LogP contribution in [0.25, 0.3) is 0 Å². The van der Waals surface area contributed by atoms with Crippen molar-refractivity contribution in [1.29, 1.82) is 5.41 Å². The molecule has 2 atom stereocenters. The summed E-state index contributed by atoms with van der Waals surface area (Å²) in [6, 6.07) is 8.67. The van der Waals surface area contributed by atoms with Gasteiger partial charge in [0, 0.05) is 35.6 Å². The van der Waals surface area contributed by atoms with Gasteiger partial charge in [-0.2, -0.15) is 0 Å². The second kappa shape index (κ2) is 5.76. The van der Waals surface area contributed by atoms with E-state index in [0.717, 1.165) is 18.8 Å². The standard InChI is InChI=1S/C14H21N3S/c1-10(14(15)16)7-17(2)8-11-9-18-13-6-4-3-5-12(11)13/h3-6,10-11H,7-9H2,1-2H3,(H3,15,16). The molecule has 0 aliphatic carbocycles. The van der Waals surface area contributed by atoms with Crippen LogP contribution in [0.15, 0.2) is 29.2 Å². The van der Waals surface area contributed by atoms with Gasteiger partial charge < -0.3 is 10.6 Å². The number of nitrogens with zero attached hydrogens (tertiary/aromatic N) is 1. The SMILES string of the molecule is CC(CN(C)CC1CSc2ccccc21)C(=N)N. The highest BCUT2D eigenvalue weighted by Crippen LogP contribution is 2.39. The molecule has 3 N–H and O–H groups in total. The van der Waals surface area contributed by atoms with Gasteiger partial charge in [0.25, 0.3) is 0 Å². The van der Waals surface area contributed by atoms with E-state index in [9.17, 15) is 0 Å². The topological polar surface area (TPSA) is 53.1 Å². The third-order valence-electron chi connectivity index (χ3n) is 3.45. The normalized spacial score (nSPS) is 19.8. The molecule has 2 unspecified atom stereocenters. The molecule has 2 rings (SSSR count). The van der Waals surface area contributed by atoms with Crippen molar-refractivity contribution >= 4 is 17.6 Å². The average Bonchev–Trinajstić information content (AvgIpc) is 2.72. The lowest BCUT2D eigenvalue weighted by molar-refractivity contribution is 0.300. The Morgan fingerprint density at radius 3 is 3.00 bits per heavy atom. The van der Waals surface area contributed by atoms with E-state index in [4.69, 9.17) is 11.1 Å². The van der Waals surface area contributed by atoms with Crippen LogP contribution in [0.5, 0.6) is 0 Å². The maximum Gasteiger partial charge on any atom is 0.0947 e. The molecule has 0 fully saturated rings. The van der Waals surface area contributed by atoms with Gasteiger partial charge >= 0.3 is 0 Å². The quantitative estimate of drug-likeness (QED) is 0.633. The zero-order valence-electron chi connectivity index (χ0n) is 11.0. The van der Waals surface area contributed by atoms with Crippen LogP contribution in [0.3, 0.4) is 0 Å². The lowest BCUT2D eigenvalue weighted by atomic mass is 10.0. The first-order valence-electron chi connectivity index (χ1n) is 6.32. The van der Waals surface area contributed by atoms with E-state index >= 15 is 0 Å². The second-order valence-corrected chi connectivity index (χ2v) is 6.19. The molecule has 0 aromatic heterocycles. The minimum Gasteiger partial charge on any atom is -0.387 e. The minimum absolute atomic E-state index is 0.138. The van der Waals surface area contributed by atoms with Crippen LogP contribution in [-0.4, -0.2) is 36.6 Å². The highest BCUT2D eigenvalue weighted by atomic mass is 32.2. The molecule has 0 spiro atoms. The van der Waals surface area contributed by atoms with Crippen molar-refractivity contribution < 1.29 is 0 Å². The molecule has 4 heteroatoms. The first-order valence-corrected chi connectivity index (χ1v) is 7.30. The Balaban J connectivity index is 1.93. The van der Waals surface area contributed by atoms with Crippen molar-refractivity contribution in [3.05, 3.63) is 29.8 Å². The van der Waals surface area contributed by atoms with E-state index in [1.54, 1.807) is 0 Å². The van der Waals surface area contributed by atoms with E-state index in [0.29, 0.717) is 5.92 Å². The van der Waals surface area contributed by atoms with E-state index in [-0.39, 0.29) is 11.8 Å². The molecule has 0 radical (unpaired) electrons. The summed E-state index contributed by atoms with van der Waals surface area (Å²) in [4.78, 5) is 3.72. The fraction of sp³-hybridized carbons (Fsp3) is 0.500. The fourth-order valence-corrected chi connectivity index (χ4v) is 3.64. The van der Waals surface area contributed by atoms with Gasteiger partial charge in [-0.1, -0.05) is 25.1 Å². The number of likely N-dealkylation sites (N-methyl/N-ethyl adjacent to an activating group) is 1. The highest BCUT2D eigenvalue weighted by molar-refractivity contribution is 7.99. The molecule has 0 bridgehead atoms. The van der Waals surface area contributed by atoms with Crippen molar-refractivity contribution in [2.75, 3.05) is 25.9 Å². The second-order valence-electron chi connectivity index (χ2n) is 5.12. The van der Waals surface area contributed by atoms with Gasteiger partial charge in [0.05, 0.1) is 5.84 Å². The molecule has 1 aromatic carbocycles. The summed E-state index contributed by atoms with van der Waals surface area (Å²) in [5.74, 6) is 2.19. The first kappa shape index (κ1) is 13.4. The summed E-state index contributed by atoms with van der Waals surface area (Å²) in [7, 11) is 2.12. The summed E-state index contributed by atoms with van der Waals surface area (Å²) in [6.07, 6.45) is 0. The summed E-state index contributed by atoms with van der Waals surface area (Å²) < 4.78 is 0. The minimum atomic E-state index is 0.138. The van der Waals surface area contributed by atoms with Crippen molar-refractivity contribution in [1.82, 2.24) is 4.90 Å². The zero-order valence-corrected chi connectivity index (χ0v) is 11.8. The van der Waals surface area contributed by atoms with Crippen molar-refractivity contribution in [2.45, 2.75) is 17.7 Å². The van der Waals surface area contributed by atoms with Crippen LogP contribution in [-0.2, 0) is 0 Å². The van der Waals surface area contributed by atoms with E-state index < -0.39 is 0 Å². The van der Waals surface area contributed by atoms with Gasteiger partial charge in [-0.15, -0.1) is 11.8 Å². The molecule has 1 aromatic rings. The maximum absolute atomic E-state index is 7.44. The maximum atomic E-state index is 7.44. The summed E-state index contributed by atoms with van der Waals surface area (Å²) in [5.41, 5.74) is 7.00. The smallest absolute Gasteiger partial charge is 0.0947 e. The number of fused-ring (bicyclic) bond motifs is 1. The number of hydrogen-bond donors (Lipinski definition) is 2. The number of amidine groups is 1. The van der Waals surface area contributed by atoms with Gasteiger partial charge in [0.15, 0.2) is 0 Å². The number of nitrogens with one attached hydrogen (secondary N) is 1. The first-order chi connectivity index (χ1) is 8.58. The van der Waals surface area contributed by atoms with Crippen LogP contribution >= 0.6 is 11.8 Å². The van der Waals surface area contributed by atoms with Crippen LogP contribution in [0.2, 0.25) is 0 Å². The number of thioether (sulfide) groups is 1. The Bertz CT molecular complexity index is 433. The molecule has 1 aliphatic heterocycles. The lowest BCUT2D eigenvalue weighted by Gasteiger charge is -2.23. The van der Waals surface area contributed by atoms with E-state index in [2.05, 4.69) is 36.2 Å². The van der Waals surface area contributed by atoms with Crippen LogP contribution in [0.1, 0.15) is 18.4 Å². The van der Waals surface area contributed by atoms with Gasteiger partial charge in [0.1, 0.15) is 0 Å².